The number of ether oxygens (including phenoxy) is 1. The van der Waals surface area contributed by atoms with Crippen LogP contribution in [0.1, 0.15) is 17.5 Å². The average Bonchev–Trinajstić information content (AvgIpc) is 2.90. The lowest BCUT2D eigenvalue weighted by atomic mass is 10.1. The molecule has 0 radical (unpaired) electrons. The van der Waals surface area contributed by atoms with E-state index in [2.05, 4.69) is 4.99 Å². The van der Waals surface area contributed by atoms with Gasteiger partial charge in [0.1, 0.15) is 11.9 Å². The standard InChI is InChI=1S/C16H19N3O3/c1-11-3-5-12(6-4-11)7-15(18-10-17)19-9-13(20)8-14(19)16(21)22-2/h3-6,13-14,20H,7-9H2,1-2H3/t13?,14-/m0/s1. The molecule has 22 heavy (non-hydrogen) atoms. The molecule has 0 spiro atoms. The summed E-state index contributed by atoms with van der Waals surface area (Å²) in [5.74, 6) is 0.0457. The van der Waals surface area contributed by atoms with Crippen molar-refractivity contribution in [2.45, 2.75) is 31.9 Å². The molecule has 0 aliphatic carbocycles. The number of rotatable bonds is 3. The number of methoxy groups -OCH3 is 1. The van der Waals surface area contributed by atoms with E-state index in [9.17, 15) is 9.90 Å². The summed E-state index contributed by atoms with van der Waals surface area (Å²) in [4.78, 5) is 17.4. The number of aliphatic hydroxyl groups excluding tert-OH is 1. The van der Waals surface area contributed by atoms with Crippen molar-refractivity contribution in [3.8, 4) is 6.19 Å². The Labute approximate surface area is 129 Å². The molecule has 2 atom stereocenters. The molecule has 6 heteroatoms. The van der Waals surface area contributed by atoms with Crippen LogP contribution in [-0.2, 0) is 16.0 Å². The maximum atomic E-state index is 11.9. The fraction of sp³-hybridized carbons (Fsp3) is 0.438. The van der Waals surface area contributed by atoms with E-state index < -0.39 is 18.1 Å². The number of carbonyl (C=O) groups is 1. The monoisotopic (exact) mass is 301 g/mol. The normalized spacial score (nSPS) is 21.5. The Morgan fingerprint density at radius 1 is 1.50 bits per heavy atom. The van der Waals surface area contributed by atoms with E-state index >= 15 is 0 Å². The lowest BCUT2D eigenvalue weighted by Gasteiger charge is -2.25. The van der Waals surface area contributed by atoms with Gasteiger partial charge in [-0.15, -0.1) is 0 Å². The Kier molecular flexibility index (Phi) is 5.12. The highest BCUT2D eigenvalue weighted by Gasteiger charge is 2.38. The van der Waals surface area contributed by atoms with E-state index in [-0.39, 0.29) is 13.0 Å². The number of β-amino-alcohol motifs (C(OH)–C–C–N with tert-alkyl or cyclic N) is 1. The molecule has 1 aromatic carbocycles. The topological polar surface area (TPSA) is 85.9 Å². The molecule has 0 saturated carbocycles. The van der Waals surface area contributed by atoms with Gasteiger partial charge < -0.3 is 14.7 Å². The Morgan fingerprint density at radius 2 is 2.18 bits per heavy atom. The SMILES string of the molecule is COC(=O)[C@@H]1CC(O)CN1C(Cc1ccc(C)cc1)=NC#N. The molecule has 1 fully saturated rings. The molecule has 0 amide bonds. The number of nitrogens with zero attached hydrogens (tertiary/aromatic N) is 3. The lowest BCUT2D eigenvalue weighted by Crippen LogP contribution is -2.42. The molecule has 0 aromatic heterocycles. The summed E-state index contributed by atoms with van der Waals surface area (Å²) in [5, 5.41) is 18.8. The number of hydrogen-bond donors (Lipinski definition) is 1. The molecule has 1 aliphatic rings. The number of amidine groups is 1. The van der Waals surface area contributed by atoms with E-state index in [4.69, 9.17) is 10.00 Å². The van der Waals surface area contributed by atoms with Crippen molar-refractivity contribution in [1.29, 1.82) is 5.26 Å². The zero-order valence-electron chi connectivity index (χ0n) is 12.7. The highest BCUT2D eigenvalue weighted by atomic mass is 16.5. The number of aryl methyl sites for hydroxylation is 1. The molecule has 6 nitrogen and oxygen atoms in total. The number of likely N-dealkylation sites (tertiary alicyclic amines) is 1. The van der Waals surface area contributed by atoms with Crippen LogP contribution in [0.5, 0.6) is 0 Å². The van der Waals surface area contributed by atoms with Gasteiger partial charge in [0.05, 0.1) is 13.2 Å². The number of hydrogen-bond acceptors (Lipinski definition) is 5. The zero-order valence-corrected chi connectivity index (χ0v) is 12.7. The van der Waals surface area contributed by atoms with Crippen LogP contribution in [0.3, 0.4) is 0 Å². The zero-order chi connectivity index (χ0) is 16.1. The smallest absolute Gasteiger partial charge is 0.328 e. The van der Waals surface area contributed by atoms with Crippen LogP contribution in [0.25, 0.3) is 0 Å². The minimum absolute atomic E-state index is 0.270. The average molecular weight is 301 g/mol. The van der Waals surface area contributed by atoms with Gasteiger partial charge in [0.2, 0.25) is 6.19 Å². The Balaban J connectivity index is 2.23. The summed E-state index contributed by atoms with van der Waals surface area (Å²) in [5.41, 5.74) is 2.14. The van der Waals surface area contributed by atoms with Crippen molar-refractivity contribution in [2.24, 2.45) is 4.99 Å². The molecule has 1 saturated heterocycles. The third-order valence-electron chi connectivity index (χ3n) is 3.75. The molecule has 1 unspecified atom stereocenters. The summed E-state index contributed by atoms with van der Waals surface area (Å²) >= 11 is 0. The molecule has 1 aromatic rings. The van der Waals surface area contributed by atoms with Crippen LogP contribution in [-0.4, -0.2) is 47.6 Å². The van der Waals surface area contributed by atoms with Gasteiger partial charge in [-0.25, -0.2) is 4.79 Å². The van der Waals surface area contributed by atoms with Crippen molar-refractivity contribution >= 4 is 11.8 Å². The Bertz CT molecular complexity index is 604. The predicted molar refractivity (Wildman–Crippen MR) is 81.1 cm³/mol. The second-order valence-electron chi connectivity index (χ2n) is 5.37. The quantitative estimate of drug-likeness (QED) is 0.390. The van der Waals surface area contributed by atoms with Gasteiger partial charge in [-0.2, -0.15) is 10.3 Å². The maximum Gasteiger partial charge on any atom is 0.328 e. The number of nitriles is 1. The molecule has 1 aliphatic heterocycles. The second-order valence-corrected chi connectivity index (χ2v) is 5.37. The minimum Gasteiger partial charge on any atom is -0.467 e. The van der Waals surface area contributed by atoms with Gasteiger partial charge in [0.15, 0.2) is 0 Å². The predicted octanol–water partition coefficient (Wildman–Crippen LogP) is 1.03. The highest BCUT2D eigenvalue weighted by Crippen LogP contribution is 2.21. The third-order valence-corrected chi connectivity index (χ3v) is 3.75. The van der Waals surface area contributed by atoms with Crippen LogP contribution in [0.15, 0.2) is 29.3 Å². The van der Waals surface area contributed by atoms with Crippen molar-refractivity contribution < 1.29 is 14.6 Å². The number of carbonyl (C=O) groups excluding carboxylic acids is 1. The Morgan fingerprint density at radius 3 is 2.77 bits per heavy atom. The van der Waals surface area contributed by atoms with Gasteiger partial charge in [0.25, 0.3) is 0 Å². The van der Waals surface area contributed by atoms with Crippen molar-refractivity contribution in [3.63, 3.8) is 0 Å². The van der Waals surface area contributed by atoms with E-state index in [0.29, 0.717) is 12.3 Å². The van der Waals surface area contributed by atoms with Gasteiger partial charge in [-0.05, 0) is 12.5 Å². The highest BCUT2D eigenvalue weighted by molar-refractivity contribution is 5.90. The van der Waals surface area contributed by atoms with Gasteiger partial charge in [-0.1, -0.05) is 29.8 Å². The lowest BCUT2D eigenvalue weighted by molar-refractivity contribution is -0.144. The number of benzene rings is 1. The molecular weight excluding hydrogens is 282 g/mol. The van der Waals surface area contributed by atoms with Crippen LogP contribution < -0.4 is 0 Å². The molecule has 2 rings (SSSR count). The first-order valence-corrected chi connectivity index (χ1v) is 7.09. The summed E-state index contributed by atoms with van der Waals surface area (Å²) in [7, 11) is 1.31. The number of esters is 1. The minimum atomic E-state index is -0.633. The van der Waals surface area contributed by atoms with Gasteiger partial charge in [0, 0.05) is 19.4 Å². The van der Waals surface area contributed by atoms with Crippen molar-refractivity contribution in [2.75, 3.05) is 13.7 Å². The molecule has 0 bridgehead atoms. The third kappa shape index (κ3) is 3.62. The van der Waals surface area contributed by atoms with Gasteiger partial charge in [-0.3, -0.25) is 0 Å². The van der Waals surface area contributed by atoms with E-state index in [0.717, 1.165) is 11.1 Å². The van der Waals surface area contributed by atoms with Crippen LogP contribution >= 0.6 is 0 Å². The van der Waals surface area contributed by atoms with E-state index in [1.807, 2.05) is 31.2 Å². The first-order chi connectivity index (χ1) is 10.5. The fourth-order valence-corrected chi connectivity index (χ4v) is 2.61. The summed E-state index contributed by atoms with van der Waals surface area (Å²) in [6.45, 7) is 2.27. The molecule has 1 heterocycles. The van der Waals surface area contributed by atoms with E-state index in [1.165, 1.54) is 7.11 Å². The second kappa shape index (κ2) is 7.05. The van der Waals surface area contributed by atoms with Crippen molar-refractivity contribution in [1.82, 2.24) is 4.90 Å². The van der Waals surface area contributed by atoms with Crippen LogP contribution in [0, 0.1) is 18.4 Å². The first-order valence-electron chi connectivity index (χ1n) is 7.09. The molecule has 1 N–H and O–H groups in total. The Hall–Kier alpha value is -2.39. The summed E-state index contributed by atoms with van der Waals surface area (Å²) < 4.78 is 4.78. The number of aliphatic hydroxyl groups is 1. The van der Waals surface area contributed by atoms with Crippen LogP contribution in [0.2, 0.25) is 0 Å². The molecular formula is C16H19N3O3. The first kappa shape index (κ1) is 16.0. The van der Waals surface area contributed by atoms with Gasteiger partial charge >= 0.3 is 5.97 Å². The van der Waals surface area contributed by atoms with Crippen molar-refractivity contribution in [3.05, 3.63) is 35.4 Å². The van der Waals surface area contributed by atoms with Crippen LogP contribution in [0.4, 0.5) is 0 Å². The maximum absolute atomic E-state index is 11.9. The fourth-order valence-electron chi connectivity index (χ4n) is 2.61. The number of aliphatic imine (C=N–C) groups is 1. The summed E-state index contributed by atoms with van der Waals surface area (Å²) in [6, 6.07) is 7.29. The largest absolute Gasteiger partial charge is 0.467 e. The summed E-state index contributed by atoms with van der Waals surface area (Å²) in [6.07, 6.45) is 1.86. The van der Waals surface area contributed by atoms with E-state index in [1.54, 1.807) is 11.1 Å². The molecule has 116 valence electrons.